The largest absolute Gasteiger partial charge is 0.461 e. The van der Waals surface area contributed by atoms with Crippen LogP contribution in [0.15, 0.2) is 79.1 Å². The number of aliphatic hydroxyl groups excluding tert-OH is 1. The fraction of sp³-hybridized carbons (Fsp3) is 0.217. The van der Waals surface area contributed by atoms with E-state index in [2.05, 4.69) is 4.98 Å². The average Bonchev–Trinajstić information content (AvgIpc) is 2.76. The summed E-state index contributed by atoms with van der Waals surface area (Å²) in [6, 6.07) is 17.0. The Bertz CT molecular complexity index is 962. The number of hydrogen-bond acceptors (Lipinski definition) is 4. The lowest BCUT2D eigenvalue weighted by molar-refractivity contribution is -0.154. The van der Waals surface area contributed by atoms with Crippen LogP contribution in [0.1, 0.15) is 28.4 Å². The van der Waals surface area contributed by atoms with Crippen molar-refractivity contribution in [1.29, 1.82) is 0 Å². The lowest BCUT2D eigenvalue weighted by atomic mass is 9.90. The Morgan fingerprint density at radius 3 is 2.40 bits per heavy atom. The number of aliphatic hydroxyl groups is 1. The van der Waals surface area contributed by atoms with Crippen LogP contribution < -0.4 is 0 Å². The highest BCUT2D eigenvalue weighted by Crippen LogP contribution is 2.30. The van der Waals surface area contributed by atoms with Gasteiger partial charge in [0.2, 0.25) is 0 Å². The zero-order valence-corrected chi connectivity index (χ0v) is 15.9. The van der Waals surface area contributed by atoms with Crippen LogP contribution in [0, 0.1) is 5.92 Å². The molecule has 1 N–H and O–H groups in total. The van der Waals surface area contributed by atoms with E-state index < -0.39 is 29.7 Å². The topological polar surface area (TPSA) is 59.4 Å². The fourth-order valence-electron chi connectivity index (χ4n) is 3.07. The minimum absolute atomic E-state index is 0.207. The Morgan fingerprint density at radius 2 is 1.73 bits per heavy atom. The van der Waals surface area contributed by atoms with Crippen LogP contribution in [0.3, 0.4) is 0 Å². The lowest BCUT2D eigenvalue weighted by Crippen LogP contribution is -2.27. The molecule has 0 radical (unpaired) electrons. The predicted octanol–water partition coefficient (Wildman–Crippen LogP) is 4.74. The number of carbonyl (C=O) groups excluding carboxylic acids is 1. The van der Waals surface area contributed by atoms with Gasteiger partial charge in [0.05, 0.1) is 17.6 Å². The zero-order chi connectivity index (χ0) is 21.6. The van der Waals surface area contributed by atoms with Crippen molar-refractivity contribution in [2.75, 3.05) is 0 Å². The van der Waals surface area contributed by atoms with Crippen LogP contribution in [0.2, 0.25) is 0 Å². The highest BCUT2D eigenvalue weighted by atomic mass is 19.4. The molecule has 4 nitrogen and oxygen atoms in total. The van der Waals surface area contributed by atoms with E-state index >= 15 is 0 Å². The first-order valence-corrected chi connectivity index (χ1v) is 9.29. The Balaban J connectivity index is 1.76. The number of hydrogen-bond donors (Lipinski definition) is 1. The van der Waals surface area contributed by atoms with Gasteiger partial charge >= 0.3 is 12.1 Å². The molecule has 1 aromatic heterocycles. The molecule has 3 rings (SSSR count). The Labute approximate surface area is 172 Å². The number of pyridine rings is 1. The molecule has 0 spiro atoms. The number of carbonyl (C=O) groups is 1. The summed E-state index contributed by atoms with van der Waals surface area (Å²) in [5.41, 5.74) is 0.677. The van der Waals surface area contributed by atoms with E-state index in [1.54, 1.807) is 18.3 Å². The van der Waals surface area contributed by atoms with Crippen molar-refractivity contribution >= 4 is 5.97 Å². The highest BCUT2D eigenvalue weighted by molar-refractivity contribution is 5.74. The van der Waals surface area contributed by atoms with Crippen molar-refractivity contribution in [2.45, 2.75) is 25.3 Å². The number of ether oxygens (including phenoxy) is 1. The molecule has 7 heteroatoms. The van der Waals surface area contributed by atoms with Gasteiger partial charge in [0.25, 0.3) is 0 Å². The molecule has 0 aliphatic carbocycles. The van der Waals surface area contributed by atoms with E-state index in [4.69, 9.17) is 4.74 Å². The first kappa shape index (κ1) is 21.5. The third kappa shape index (κ3) is 5.67. The van der Waals surface area contributed by atoms with Gasteiger partial charge in [-0.15, -0.1) is 0 Å². The minimum atomic E-state index is -4.48. The van der Waals surface area contributed by atoms with Crippen molar-refractivity contribution in [2.24, 2.45) is 5.92 Å². The minimum Gasteiger partial charge on any atom is -0.461 e. The molecule has 2 atom stereocenters. The molecule has 0 bridgehead atoms. The van der Waals surface area contributed by atoms with E-state index in [1.165, 1.54) is 18.3 Å². The number of esters is 1. The summed E-state index contributed by atoms with van der Waals surface area (Å²) < 4.78 is 43.9. The van der Waals surface area contributed by atoms with E-state index in [-0.39, 0.29) is 18.6 Å². The standard InChI is InChI=1S/C23H20F3NO3/c24-23(25,26)19-10-4-8-17(12-19)15-30-22(29)20(13-16-6-2-1-3-7-16)21(28)18-9-5-11-27-14-18/h1-12,14,20-21,28H,13,15H2/t20-,21-/m0/s1. The lowest BCUT2D eigenvalue weighted by Gasteiger charge is -2.22. The quantitative estimate of drug-likeness (QED) is 0.567. The fourth-order valence-corrected chi connectivity index (χ4v) is 3.07. The van der Waals surface area contributed by atoms with Gasteiger partial charge in [0.15, 0.2) is 0 Å². The molecule has 0 aliphatic rings. The number of nitrogens with zero attached hydrogens (tertiary/aromatic N) is 1. The predicted molar refractivity (Wildman–Crippen MR) is 104 cm³/mol. The molecule has 2 aromatic carbocycles. The molecule has 0 saturated carbocycles. The van der Waals surface area contributed by atoms with Crippen LogP contribution in [0.25, 0.3) is 0 Å². The zero-order valence-electron chi connectivity index (χ0n) is 15.9. The normalized spacial score (nSPS) is 13.5. The third-order valence-electron chi connectivity index (χ3n) is 4.64. The van der Waals surface area contributed by atoms with Crippen molar-refractivity contribution < 1.29 is 27.8 Å². The van der Waals surface area contributed by atoms with Gasteiger partial charge in [-0.3, -0.25) is 9.78 Å². The summed E-state index contributed by atoms with van der Waals surface area (Å²) in [5.74, 6) is -1.64. The first-order chi connectivity index (χ1) is 14.3. The summed E-state index contributed by atoms with van der Waals surface area (Å²) in [4.78, 5) is 16.8. The van der Waals surface area contributed by atoms with Crippen LogP contribution in [-0.2, 0) is 28.7 Å². The van der Waals surface area contributed by atoms with E-state index in [0.29, 0.717) is 5.56 Å². The highest BCUT2D eigenvalue weighted by Gasteiger charge is 2.32. The Morgan fingerprint density at radius 1 is 1.00 bits per heavy atom. The Kier molecular flexibility index (Phi) is 6.84. The molecule has 0 unspecified atom stereocenters. The van der Waals surface area contributed by atoms with Crippen molar-refractivity contribution in [3.05, 3.63) is 101 Å². The molecule has 3 aromatic rings. The average molecular weight is 415 g/mol. The third-order valence-corrected chi connectivity index (χ3v) is 4.64. The molecule has 0 amide bonds. The molecule has 0 saturated heterocycles. The van der Waals surface area contributed by atoms with Gasteiger partial charge in [-0.1, -0.05) is 48.5 Å². The summed E-state index contributed by atoms with van der Waals surface area (Å²) >= 11 is 0. The van der Waals surface area contributed by atoms with Crippen molar-refractivity contribution in [1.82, 2.24) is 4.98 Å². The first-order valence-electron chi connectivity index (χ1n) is 9.29. The molecular weight excluding hydrogens is 395 g/mol. The number of rotatable bonds is 7. The number of aromatic nitrogens is 1. The second kappa shape index (κ2) is 9.54. The SMILES string of the molecule is O=C(OCc1cccc(C(F)(F)F)c1)[C@@H](Cc1ccccc1)[C@@H](O)c1cccnc1. The summed E-state index contributed by atoms with van der Waals surface area (Å²) in [6.07, 6.45) is -2.44. The van der Waals surface area contributed by atoms with Gasteiger partial charge in [-0.05, 0) is 41.3 Å². The van der Waals surface area contributed by atoms with E-state index in [9.17, 15) is 23.1 Å². The van der Waals surface area contributed by atoms with E-state index in [1.807, 2.05) is 30.3 Å². The number of benzene rings is 2. The summed E-state index contributed by atoms with van der Waals surface area (Å²) in [6.45, 7) is -0.326. The second-order valence-electron chi connectivity index (χ2n) is 6.83. The van der Waals surface area contributed by atoms with Gasteiger partial charge in [-0.25, -0.2) is 0 Å². The maximum atomic E-state index is 12.9. The van der Waals surface area contributed by atoms with Gasteiger partial charge < -0.3 is 9.84 Å². The maximum absolute atomic E-state index is 12.9. The molecule has 0 aliphatic heterocycles. The summed E-state index contributed by atoms with van der Waals surface area (Å²) in [5, 5.41) is 10.8. The molecule has 156 valence electrons. The Hall–Kier alpha value is -3.19. The van der Waals surface area contributed by atoms with Crippen molar-refractivity contribution in [3.8, 4) is 0 Å². The van der Waals surface area contributed by atoms with Crippen molar-refractivity contribution in [3.63, 3.8) is 0 Å². The maximum Gasteiger partial charge on any atom is 0.416 e. The van der Waals surface area contributed by atoms with E-state index in [0.717, 1.165) is 17.7 Å². The van der Waals surface area contributed by atoms with Gasteiger partial charge in [0, 0.05) is 12.4 Å². The summed E-state index contributed by atoms with van der Waals surface area (Å²) in [7, 11) is 0. The number of halogens is 3. The molecule has 30 heavy (non-hydrogen) atoms. The van der Waals surface area contributed by atoms with Crippen LogP contribution in [-0.4, -0.2) is 16.1 Å². The van der Waals surface area contributed by atoms with Crippen LogP contribution >= 0.6 is 0 Å². The van der Waals surface area contributed by atoms with Crippen LogP contribution in [0.4, 0.5) is 13.2 Å². The smallest absolute Gasteiger partial charge is 0.416 e. The van der Waals surface area contributed by atoms with Crippen LogP contribution in [0.5, 0.6) is 0 Å². The number of alkyl halides is 3. The molecule has 1 heterocycles. The molecular formula is C23H20F3NO3. The van der Waals surface area contributed by atoms with Gasteiger partial charge in [-0.2, -0.15) is 13.2 Å². The van der Waals surface area contributed by atoms with Gasteiger partial charge in [0.1, 0.15) is 6.61 Å². The second-order valence-corrected chi connectivity index (χ2v) is 6.83. The molecule has 0 fully saturated rings. The monoisotopic (exact) mass is 415 g/mol.